The van der Waals surface area contributed by atoms with Crippen molar-refractivity contribution in [1.82, 2.24) is 14.7 Å². The second-order valence-corrected chi connectivity index (χ2v) is 14.3. The van der Waals surface area contributed by atoms with Crippen molar-refractivity contribution in [2.75, 3.05) is 13.3 Å². The van der Waals surface area contributed by atoms with Crippen LogP contribution in [-0.4, -0.2) is 75.4 Å². The molecule has 1 fully saturated rings. The molecule has 1 heterocycles. The molecule has 0 unspecified atom stereocenters. The highest BCUT2D eigenvalue weighted by Crippen LogP contribution is 2.55. The summed E-state index contributed by atoms with van der Waals surface area (Å²) in [6.45, 7) is 2.47. The number of hydrogen-bond acceptors (Lipinski definition) is 8. The molecule has 1 N–H and O–H groups in total. The third kappa shape index (κ3) is 10.1. The first-order chi connectivity index (χ1) is 26.1. The van der Waals surface area contributed by atoms with Gasteiger partial charge in [-0.05, 0) is 60.9 Å². The van der Waals surface area contributed by atoms with Gasteiger partial charge in [-0.1, -0.05) is 43.1 Å². The van der Waals surface area contributed by atoms with Gasteiger partial charge in [0.15, 0.2) is 12.5 Å². The van der Waals surface area contributed by atoms with Crippen molar-refractivity contribution in [3.05, 3.63) is 63.9 Å². The lowest BCUT2D eigenvalue weighted by Crippen LogP contribution is -2.50. The number of amides is 1. The highest BCUT2D eigenvalue weighted by molar-refractivity contribution is 6.34. The van der Waals surface area contributed by atoms with E-state index in [0.29, 0.717) is 17.5 Å². The number of nitrogens with zero attached hydrogens (tertiary/aromatic N) is 4. The Hall–Kier alpha value is -4.97. The van der Waals surface area contributed by atoms with Crippen LogP contribution >= 0.6 is 23.2 Å². The van der Waals surface area contributed by atoms with Crippen LogP contribution in [-0.2, 0) is 19.9 Å². The number of carboxylic acid groups (broad SMARTS) is 1. The van der Waals surface area contributed by atoms with Gasteiger partial charge in [-0.3, -0.25) is 14.5 Å². The maximum atomic E-state index is 14.8. The van der Waals surface area contributed by atoms with Gasteiger partial charge in [-0.25, -0.2) is 13.9 Å². The van der Waals surface area contributed by atoms with E-state index in [0.717, 1.165) is 23.4 Å². The fourth-order valence-electron chi connectivity index (χ4n) is 5.43. The first-order valence-corrected chi connectivity index (χ1v) is 16.9. The summed E-state index contributed by atoms with van der Waals surface area (Å²) < 4.78 is 150. The molecular formula is C34H28Cl2F10N4O7. The van der Waals surface area contributed by atoms with Gasteiger partial charge in [0, 0.05) is 23.7 Å². The molecule has 0 saturated heterocycles. The molecule has 1 amide bonds. The molecule has 0 atom stereocenters. The monoisotopic (exact) mass is 864 g/mol. The summed E-state index contributed by atoms with van der Waals surface area (Å²) in [6.07, 6.45) is -17.6. The molecule has 0 radical (unpaired) electrons. The molecule has 0 spiro atoms. The number of carbonyl (C=O) groups is 3. The molecule has 4 rings (SSSR count). The molecule has 0 bridgehead atoms. The summed E-state index contributed by atoms with van der Waals surface area (Å²) in [6, 6.07) is 4.96. The lowest BCUT2D eigenvalue weighted by atomic mass is 9.88. The lowest BCUT2D eigenvalue weighted by molar-refractivity contribution is -0.348. The number of ether oxygens (including phenoxy) is 3. The van der Waals surface area contributed by atoms with Gasteiger partial charge < -0.3 is 19.3 Å². The molecule has 3 aromatic rings. The van der Waals surface area contributed by atoms with E-state index >= 15 is 0 Å². The number of rotatable bonds is 14. The Morgan fingerprint density at radius 2 is 1.58 bits per heavy atom. The zero-order chi connectivity index (χ0) is 42.9. The molecule has 57 heavy (non-hydrogen) atoms. The van der Waals surface area contributed by atoms with Gasteiger partial charge >= 0.3 is 36.5 Å². The van der Waals surface area contributed by atoms with Crippen molar-refractivity contribution in [3.8, 4) is 28.6 Å². The lowest BCUT2D eigenvalue weighted by Gasteiger charge is -2.31. The van der Waals surface area contributed by atoms with Crippen molar-refractivity contribution in [1.29, 1.82) is 5.26 Å². The van der Waals surface area contributed by atoms with Gasteiger partial charge in [-0.15, -0.1) is 13.2 Å². The second-order valence-electron chi connectivity index (χ2n) is 13.5. The van der Waals surface area contributed by atoms with E-state index in [1.54, 1.807) is 13.8 Å². The summed E-state index contributed by atoms with van der Waals surface area (Å²) in [7, 11) is 0. The summed E-state index contributed by atoms with van der Waals surface area (Å²) >= 11 is 12.2. The summed E-state index contributed by atoms with van der Waals surface area (Å²) in [5.74, 6) is -3.72. The third-order valence-corrected chi connectivity index (χ3v) is 9.22. The highest BCUT2D eigenvalue weighted by atomic mass is 35.5. The standard InChI is InChI=1S/C34H28Cl2F10N4O7/c1-29(2,7-3-4-25(51)52)16-55-28(54)56-17-49(30(15-47)8-9-30)27(53)21-10-18(5-6-22(21)35)19-13-48-50(14-19)26-23(36)11-20(12-24(26)57-34(44,45)46)31(37,32(38,39)40)33(41,42)43/h5-6,10-14H,3-4,7-9,16-17H2,1-2H3,(H,51,52). The first-order valence-electron chi connectivity index (χ1n) is 16.2. The zero-order valence-corrected chi connectivity index (χ0v) is 30.7. The molecule has 1 aromatic heterocycles. The first kappa shape index (κ1) is 44.7. The largest absolute Gasteiger partial charge is 0.573 e. The normalized spacial score (nSPS) is 14.4. The Bertz CT molecular complexity index is 2040. The van der Waals surface area contributed by atoms with E-state index in [-0.39, 0.29) is 53.6 Å². The molecule has 1 aliphatic rings. The Morgan fingerprint density at radius 1 is 0.947 bits per heavy atom. The van der Waals surface area contributed by atoms with Crippen molar-refractivity contribution in [2.24, 2.45) is 5.41 Å². The number of aromatic nitrogens is 2. The molecule has 0 aliphatic heterocycles. The van der Waals surface area contributed by atoms with Crippen LogP contribution in [0.2, 0.25) is 10.0 Å². The quantitative estimate of drug-likeness (QED) is 0.0951. The van der Waals surface area contributed by atoms with Crippen molar-refractivity contribution >= 4 is 41.2 Å². The van der Waals surface area contributed by atoms with Gasteiger partial charge in [0.2, 0.25) is 0 Å². The van der Waals surface area contributed by atoms with E-state index < -0.39 is 88.2 Å². The van der Waals surface area contributed by atoms with Crippen LogP contribution < -0.4 is 4.74 Å². The van der Waals surface area contributed by atoms with Crippen LogP contribution in [0, 0.1) is 16.7 Å². The van der Waals surface area contributed by atoms with E-state index in [1.165, 1.54) is 12.1 Å². The minimum atomic E-state index is -6.70. The van der Waals surface area contributed by atoms with Crippen LogP contribution in [0.1, 0.15) is 61.9 Å². The molecule has 23 heteroatoms. The molecular weight excluding hydrogens is 837 g/mol. The number of alkyl halides is 10. The fraction of sp³-hybridized carbons (Fsp3) is 0.441. The van der Waals surface area contributed by atoms with Crippen molar-refractivity contribution < 1.29 is 77.6 Å². The average molecular weight is 866 g/mol. The average Bonchev–Trinajstić information content (AvgIpc) is 3.72. The molecule has 2 aromatic carbocycles. The van der Waals surface area contributed by atoms with E-state index in [2.05, 4.69) is 9.84 Å². The predicted molar refractivity (Wildman–Crippen MR) is 177 cm³/mol. The molecule has 11 nitrogen and oxygen atoms in total. The number of halogens is 12. The van der Waals surface area contributed by atoms with Crippen LogP contribution in [0.15, 0.2) is 42.7 Å². The van der Waals surface area contributed by atoms with E-state index in [1.807, 2.05) is 6.07 Å². The Kier molecular flexibility index (Phi) is 12.6. The number of carbonyl (C=O) groups excluding carboxylic acids is 2. The number of hydrogen-bond donors (Lipinski definition) is 1. The topological polar surface area (TPSA) is 144 Å². The minimum absolute atomic E-state index is 0.0455. The second kappa shape index (κ2) is 16.1. The van der Waals surface area contributed by atoms with Crippen LogP contribution in [0.25, 0.3) is 16.8 Å². The number of nitriles is 1. The SMILES string of the molecule is CC(C)(CCCC(=O)O)COC(=O)OCN(C(=O)c1cc(-c2cnn(-c3c(Cl)cc(C(F)(C(F)(F)F)C(F)(F)F)cc3OC(F)(F)F)c2)ccc1Cl)C1(C#N)CC1. The number of aliphatic carboxylic acids is 1. The van der Waals surface area contributed by atoms with Gasteiger partial charge in [0.1, 0.15) is 17.8 Å². The zero-order valence-electron chi connectivity index (χ0n) is 29.2. The van der Waals surface area contributed by atoms with Gasteiger partial charge in [0.25, 0.3) is 5.91 Å². The summed E-state index contributed by atoms with van der Waals surface area (Å²) in [4.78, 5) is 38.1. The van der Waals surface area contributed by atoms with E-state index in [4.69, 9.17) is 37.8 Å². The van der Waals surface area contributed by atoms with Crippen LogP contribution in [0.5, 0.6) is 5.75 Å². The predicted octanol–water partition coefficient (Wildman–Crippen LogP) is 9.92. The van der Waals surface area contributed by atoms with Crippen LogP contribution in [0.4, 0.5) is 48.7 Å². The minimum Gasteiger partial charge on any atom is -0.481 e. The van der Waals surface area contributed by atoms with Gasteiger partial charge in [0.05, 0.1) is 27.9 Å². The van der Waals surface area contributed by atoms with Crippen molar-refractivity contribution in [2.45, 2.75) is 75.9 Å². The third-order valence-electron chi connectivity index (χ3n) is 8.60. The van der Waals surface area contributed by atoms with Crippen LogP contribution in [0.3, 0.4) is 0 Å². The molecule has 310 valence electrons. The number of benzene rings is 2. The summed E-state index contributed by atoms with van der Waals surface area (Å²) in [5.41, 5.74) is -12.0. The van der Waals surface area contributed by atoms with E-state index in [9.17, 15) is 63.5 Å². The smallest absolute Gasteiger partial charge is 0.481 e. The molecule has 1 aliphatic carbocycles. The summed E-state index contributed by atoms with van der Waals surface area (Å²) in [5, 5.41) is 21.0. The van der Waals surface area contributed by atoms with Crippen molar-refractivity contribution in [3.63, 3.8) is 0 Å². The molecule has 1 saturated carbocycles. The maximum Gasteiger partial charge on any atom is 0.573 e. The highest BCUT2D eigenvalue weighted by Gasteiger charge is 2.73. The fourth-order valence-corrected chi connectivity index (χ4v) is 5.93. The number of carboxylic acids is 1. The maximum absolute atomic E-state index is 14.8. The Labute approximate surface area is 325 Å². The van der Waals surface area contributed by atoms with Gasteiger partial charge in [-0.2, -0.15) is 36.7 Å². The Balaban J connectivity index is 1.64. The Morgan fingerprint density at radius 3 is 2.12 bits per heavy atom.